The van der Waals surface area contributed by atoms with E-state index in [-0.39, 0.29) is 11.7 Å². The van der Waals surface area contributed by atoms with E-state index in [2.05, 4.69) is 11.1 Å². The van der Waals surface area contributed by atoms with Gasteiger partial charge in [0.25, 0.3) is 0 Å². The first-order valence-electron chi connectivity index (χ1n) is 7.09. The Balaban J connectivity index is 1.69. The Kier molecular flexibility index (Phi) is 4.61. The molecule has 3 rings (SSSR count). The molecule has 0 saturated heterocycles. The van der Waals surface area contributed by atoms with Crippen LogP contribution in [0.15, 0.2) is 47.5 Å². The van der Waals surface area contributed by atoms with Crippen molar-refractivity contribution in [3.63, 3.8) is 0 Å². The molecule has 1 aromatic heterocycles. The summed E-state index contributed by atoms with van der Waals surface area (Å²) in [7, 11) is 0. The molecule has 0 saturated carbocycles. The molecule has 0 bridgehead atoms. The molecular weight excluding hydrogens is 302 g/mol. The maximum Gasteiger partial charge on any atom is 0.152 e. The molecule has 0 spiro atoms. The normalized spacial score (nSPS) is 17.3. The van der Waals surface area contributed by atoms with Gasteiger partial charge in [-0.2, -0.15) is 0 Å². The molecule has 0 amide bonds. The zero-order valence-corrected chi connectivity index (χ0v) is 13.2. The van der Waals surface area contributed by atoms with Gasteiger partial charge in [-0.1, -0.05) is 23.7 Å². The maximum absolute atomic E-state index is 12.5. The Hall–Kier alpha value is -1.32. The number of pyridine rings is 1. The van der Waals surface area contributed by atoms with Gasteiger partial charge in [0.15, 0.2) is 5.78 Å². The summed E-state index contributed by atoms with van der Waals surface area (Å²) in [6.45, 7) is 0. The zero-order valence-electron chi connectivity index (χ0n) is 11.6. The average Bonchev–Trinajstić information content (AvgIpc) is 2.52. The van der Waals surface area contributed by atoms with E-state index in [1.807, 2.05) is 30.3 Å². The van der Waals surface area contributed by atoms with Crippen LogP contribution >= 0.6 is 23.4 Å². The fourth-order valence-electron chi connectivity index (χ4n) is 2.73. The molecule has 0 fully saturated rings. The molecule has 1 aliphatic rings. The van der Waals surface area contributed by atoms with E-state index in [0.717, 1.165) is 29.9 Å². The molecule has 0 N–H and O–H groups in total. The number of nitrogens with zero attached hydrogens (tertiary/aromatic N) is 1. The minimum Gasteiger partial charge on any atom is -0.298 e. The van der Waals surface area contributed by atoms with Gasteiger partial charge in [-0.3, -0.25) is 9.78 Å². The lowest BCUT2D eigenvalue weighted by atomic mass is 9.84. The predicted molar refractivity (Wildman–Crippen MR) is 87.1 cm³/mol. The quantitative estimate of drug-likeness (QED) is 0.777. The first-order chi connectivity index (χ1) is 10.2. The Morgan fingerprint density at radius 2 is 2.24 bits per heavy atom. The van der Waals surface area contributed by atoms with Crippen molar-refractivity contribution in [3.05, 3.63) is 58.9 Å². The van der Waals surface area contributed by atoms with E-state index in [4.69, 9.17) is 11.6 Å². The SMILES string of the molecule is O=C(CSc1cccc(Cl)c1)C1CCCc2cccnc21. The van der Waals surface area contributed by atoms with Crippen LogP contribution in [0, 0.1) is 0 Å². The molecule has 1 aromatic carbocycles. The summed E-state index contributed by atoms with van der Waals surface area (Å²) in [4.78, 5) is 18.0. The van der Waals surface area contributed by atoms with Crippen LogP contribution in [0.3, 0.4) is 0 Å². The van der Waals surface area contributed by atoms with E-state index in [1.165, 1.54) is 5.56 Å². The van der Waals surface area contributed by atoms with Crippen LogP contribution in [0.2, 0.25) is 5.02 Å². The minimum absolute atomic E-state index is 0.0402. The molecule has 2 aromatic rings. The second kappa shape index (κ2) is 6.63. The van der Waals surface area contributed by atoms with Crippen LogP contribution in [-0.2, 0) is 11.2 Å². The second-order valence-electron chi connectivity index (χ2n) is 5.20. The number of fused-ring (bicyclic) bond motifs is 1. The maximum atomic E-state index is 12.5. The molecule has 21 heavy (non-hydrogen) atoms. The van der Waals surface area contributed by atoms with Gasteiger partial charge >= 0.3 is 0 Å². The molecule has 1 aliphatic carbocycles. The Morgan fingerprint density at radius 1 is 1.33 bits per heavy atom. The summed E-state index contributed by atoms with van der Waals surface area (Å²) in [6.07, 6.45) is 4.80. The number of hydrogen-bond acceptors (Lipinski definition) is 3. The number of Topliss-reactive ketones (excluding diaryl/α,β-unsaturated/α-hetero) is 1. The highest BCUT2D eigenvalue weighted by Gasteiger charge is 2.27. The number of aryl methyl sites for hydroxylation is 1. The van der Waals surface area contributed by atoms with E-state index in [0.29, 0.717) is 10.8 Å². The lowest BCUT2D eigenvalue weighted by Crippen LogP contribution is -2.21. The van der Waals surface area contributed by atoms with Gasteiger partial charge < -0.3 is 0 Å². The van der Waals surface area contributed by atoms with E-state index in [1.54, 1.807) is 18.0 Å². The summed E-state index contributed by atoms with van der Waals surface area (Å²) >= 11 is 7.52. The lowest BCUT2D eigenvalue weighted by molar-refractivity contribution is -0.118. The van der Waals surface area contributed by atoms with Crippen molar-refractivity contribution in [2.75, 3.05) is 5.75 Å². The summed E-state index contributed by atoms with van der Waals surface area (Å²) in [5, 5.41) is 0.706. The van der Waals surface area contributed by atoms with Crippen molar-refractivity contribution in [1.82, 2.24) is 4.98 Å². The summed E-state index contributed by atoms with van der Waals surface area (Å²) in [6, 6.07) is 11.7. The Bertz CT molecular complexity index is 659. The first kappa shape index (κ1) is 14.6. The first-order valence-corrected chi connectivity index (χ1v) is 8.45. The van der Waals surface area contributed by atoms with Gasteiger partial charge in [0.2, 0.25) is 0 Å². The number of ketones is 1. The van der Waals surface area contributed by atoms with Gasteiger partial charge in [-0.15, -0.1) is 11.8 Å². The zero-order chi connectivity index (χ0) is 14.7. The van der Waals surface area contributed by atoms with E-state index in [9.17, 15) is 4.79 Å². The minimum atomic E-state index is -0.0402. The number of benzene rings is 1. The summed E-state index contributed by atoms with van der Waals surface area (Å²) in [5.41, 5.74) is 2.22. The number of carbonyl (C=O) groups is 1. The van der Waals surface area contributed by atoms with Crippen LogP contribution < -0.4 is 0 Å². The van der Waals surface area contributed by atoms with Crippen molar-refractivity contribution in [3.8, 4) is 0 Å². The van der Waals surface area contributed by atoms with Crippen LogP contribution in [0.4, 0.5) is 0 Å². The third-order valence-corrected chi connectivity index (χ3v) is 5.01. The highest BCUT2D eigenvalue weighted by atomic mass is 35.5. The second-order valence-corrected chi connectivity index (χ2v) is 6.69. The Labute approximate surface area is 133 Å². The third kappa shape index (κ3) is 3.47. The number of carbonyl (C=O) groups excluding carboxylic acids is 1. The van der Waals surface area contributed by atoms with Gasteiger partial charge in [0.1, 0.15) is 0 Å². The molecule has 1 heterocycles. The van der Waals surface area contributed by atoms with E-state index >= 15 is 0 Å². The third-order valence-electron chi connectivity index (χ3n) is 3.76. The Morgan fingerprint density at radius 3 is 3.10 bits per heavy atom. The smallest absolute Gasteiger partial charge is 0.152 e. The molecule has 4 heteroatoms. The lowest BCUT2D eigenvalue weighted by Gasteiger charge is -2.23. The van der Waals surface area contributed by atoms with Crippen molar-refractivity contribution < 1.29 is 4.79 Å². The van der Waals surface area contributed by atoms with Crippen LogP contribution in [0.5, 0.6) is 0 Å². The predicted octanol–water partition coefficient (Wildman–Crippen LogP) is 4.52. The topological polar surface area (TPSA) is 30.0 Å². The number of aromatic nitrogens is 1. The fraction of sp³-hybridized carbons (Fsp3) is 0.294. The average molecular weight is 318 g/mol. The largest absolute Gasteiger partial charge is 0.298 e. The molecule has 1 unspecified atom stereocenters. The van der Waals surface area contributed by atoms with Crippen LogP contribution in [-0.4, -0.2) is 16.5 Å². The number of hydrogen-bond donors (Lipinski definition) is 0. The monoisotopic (exact) mass is 317 g/mol. The highest BCUT2D eigenvalue weighted by molar-refractivity contribution is 8.00. The van der Waals surface area contributed by atoms with Crippen molar-refractivity contribution in [2.45, 2.75) is 30.1 Å². The molecule has 108 valence electrons. The van der Waals surface area contributed by atoms with E-state index < -0.39 is 0 Å². The highest BCUT2D eigenvalue weighted by Crippen LogP contribution is 2.32. The molecule has 1 atom stereocenters. The summed E-state index contributed by atoms with van der Waals surface area (Å²) < 4.78 is 0. The van der Waals surface area contributed by atoms with Gasteiger partial charge in [-0.25, -0.2) is 0 Å². The molecular formula is C17H16ClNOS. The fourth-order valence-corrected chi connectivity index (χ4v) is 3.88. The number of rotatable bonds is 4. The van der Waals surface area contributed by atoms with Gasteiger partial charge in [0.05, 0.1) is 17.4 Å². The van der Waals surface area contributed by atoms with Crippen LogP contribution in [0.25, 0.3) is 0 Å². The molecule has 0 radical (unpaired) electrons. The standard InChI is InChI=1S/C17H16ClNOS/c18-13-6-2-7-14(10-13)21-11-16(20)15-8-1-4-12-5-3-9-19-17(12)15/h2-3,5-7,9-10,15H,1,4,8,11H2. The number of halogens is 1. The molecule has 2 nitrogen and oxygen atoms in total. The number of thioether (sulfide) groups is 1. The van der Waals surface area contributed by atoms with Gasteiger partial charge in [0, 0.05) is 16.1 Å². The molecule has 0 aliphatic heterocycles. The van der Waals surface area contributed by atoms with Gasteiger partial charge in [-0.05, 0) is 49.1 Å². The van der Waals surface area contributed by atoms with Crippen LogP contribution in [0.1, 0.15) is 30.0 Å². The van der Waals surface area contributed by atoms with Crippen molar-refractivity contribution in [2.24, 2.45) is 0 Å². The summed E-state index contributed by atoms with van der Waals surface area (Å²) in [5.74, 6) is 0.697. The van der Waals surface area contributed by atoms with Crippen molar-refractivity contribution in [1.29, 1.82) is 0 Å². The van der Waals surface area contributed by atoms with Crippen molar-refractivity contribution >= 4 is 29.1 Å².